The summed E-state index contributed by atoms with van der Waals surface area (Å²) in [7, 11) is 3.92. The van der Waals surface area contributed by atoms with Crippen LogP contribution in [0, 0.1) is 0 Å². The molecule has 1 aliphatic rings. The zero-order valence-electron chi connectivity index (χ0n) is 14.6. The van der Waals surface area contributed by atoms with Crippen LogP contribution < -0.4 is 19.4 Å². The number of rotatable bonds is 5. The first-order valence-corrected chi connectivity index (χ1v) is 8.41. The molecule has 3 rings (SSSR count). The van der Waals surface area contributed by atoms with Crippen molar-refractivity contribution in [2.45, 2.75) is 6.92 Å². The van der Waals surface area contributed by atoms with E-state index in [1.54, 1.807) is 0 Å². The summed E-state index contributed by atoms with van der Waals surface area (Å²) in [5.74, 6) is 2.70. The highest BCUT2D eigenvalue weighted by Gasteiger charge is 2.21. The lowest BCUT2D eigenvalue weighted by Gasteiger charge is -2.37. The largest absolute Gasteiger partial charge is 0.492 e. The van der Waals surface area contributed by atoms with Gasteiger partial charge in [-0.05, 0) is 25.1 Å². The molecule has 1 fully saturated rings. The smallest absolute Gasteiger partial charge is 0.226 e. The van der Waals surface area contributed by atoms with E-state index in [1.165, 1.54) is 5.69 Å². The second-order valence-corrected chi connectivity index (χ2v) is 5.98. The van der Waals surface area contributed by atoms with Crippen molar-refractivity contribution in [3.8, 4) is 5.75 Å². The highest BCUT2D eigenvalue weighted by atomic mass is 16.5. The van der Waals surface area contributed by atoms with Gasteiger partial charge in [-0.25, -0.2) is 4.98 Å². The third-order valence-electron chi connectivity index (χ3n) is 4.14. The van der Waals surface area contributed by atoms with Crippen molar-refractivity contribution in [3.05, 3.63) is 36.5 Å². The molecular weight excluding hydrogens is 302 g/mol. The van der Waals surface area contributed by atoms with E-state index >= 15 is 0 Å². The van der Waals surface area contributed by atoms with Gasteiger partial charge < -0.3 is 19.4 Å². The summed E-state index contributed by atoms with van der Waals surface area (Å²) < 4.78 is 5.76. The predicted octanol–water partition coefficient (Wildman–Crippen LogP) is 2.27. The molecule has 0 amide bonds. The second kappa shape index (κ2) is 7.38. The minimum Gasteiger partial charge on any atom is -0.492 e. The summed E-state index contributed by atoms with van der Waals surface area (Å²) in [6.45, 7) is 6.48. The monoisotopic (exact) mass is 327 g/mol. The number of hydrogen-bond donors (Lipinski definition) is 0. The first kappa shape index (κ1) is 16.4. The van der Waals surface area contributed by atoms with Gasteiger partial charge in [0.2, 0.25) is 5.95 Å². The number of benzene rings is 1. The fourth-order valence-electron chi connectivity index (χ4n) is 2.90. The molecule has 0 aliphatic carbocycles. The maximum absolute atomic E-state index is 5.76. The molecule has 0 atom stereocenters. The first-order valence-electron chi connectivity index (χ1n) is 8.41. The Hall–Kier alpha value is -2.50. The first-order chi connectivity index (χ1) is 11.7. The van der Waals surface area contributed by atoms with Crippen molar-refractivity contribution >= 4 is 17.5 Å². The van der Waals surface area contributed by atoms with Gasteiger partial charge in [-0.15, -0.1) is 0 Å². The van der Waals surface area contributed by atoms with Gasteiger partial charge in [0.1, 0.15) is 11.6 Å². The summed E-state index contributed by atoms with van der Waals surface area (Å²) in [5, 5.41) is 0. The standard InChI is InChI=1S/C18H25N5O/c1-4-24-16-8-6-5-7-15(16)22-11-13-23(14-12-22)17-9-10-19-18(20-17)21(2)3/h5-10H,4,11-14H2,1-3H3. The Morgan fingerprint density at radius 2 is 1.75 bits per heavy atom. The molecule has 0 saturated carbocycles. The number of ether oxygens (including phenoxy) is 1. The third-order valence-corrected chi connectivity index (χ3v) is 4.14. The van der Waals surface area contributed by atoms with E-state index in [-0.39, 0.29) is 0 Å². The quantitative estimate of drug-likeness (QED) is 0.839. The van der Waals surface area contributed by atoms with Crippen LogP contribution in [0.2, 0.25) is 0 Å². The number of nitrogens with zero attached hydrogens (tertiary/aromatic N) is 5. The predicted molar refractivity (Wildman–Crippen MR) is 98.4 cm³/mol. The molecule has 2 aromatic rings. The van der Waals surface area contributed by atoms with Gasteiger partial charge in [0.25, 0.3) is 0 Å². The van der Waals surface area contributed by atoms with E-state index in [0.717, 1.165) is 43.7 Å². The van der Waals surface area contributed by atoms with Crippen LogP contribution in [0.15, 0.2) is 36.5 Å². The summed E-state index contributed by atoms with van der Waals surface area (Å²) in [4.78, 5) is 15.6. The molecule has 6 heteroatoms. The van der Waals surface area contributed by atoms with Crippen LogP contribution in [0.3, 0.4) is 0 Å². The van der Waals surface area contributed by atoms with Crippen molar-refractivity contribution in [1.82, 2.24) is 9.97 Å². The average Bonchev–Trinajstić information content (AvgIpc) is 2.63. The maximum Gasteiger partial charge on any atom is 0.226 e. The molecule has 6 nitrogen and oxygen atoms in total. The molecule has 0 spiro atoms. The molecule has 0 bridgehead atoms. The fourth-order valence-corrected chi connectivity index (χ4v) is 2.90. The van der Waals surface area contributed by atoms with Crippen LogP contribution in [0.25, 0.3) is 0 Å². The van der Waals surface area contributed by atoms with Crippen molar-refractivity contribution in [2.75, 3.05) is 61.6 Å². The lowest BCUT2D eigenvalue weighted by atomic mass is 10.2. The van der Waals surface area contributed by atoms with E-state index in [4.69, 9.17) is 4.74 Å². The summed E-state index contributed by atoms with van der Waals surface area (Å²) in [6, 6.07) is 10.2. The van der Waals surface area contributed by atoms with Crippen molar-refractivity contribution < 1.29 is 4.74 Å². The molecule has 0 unspecified atom stereocenters. The molecule has 24 heavy (non-hydrogen) atoms. The minimum atomic E-state index is 0.686. The maximum atomic E-state index is 5.76. The number of anilines is 3. The second-order valence-electron chi connectivity index (χ2n) is 5.98. The van der Waals surface area contributed by atoms with Gasteiger partial charge in [-0.3, -0.25) is 0 Å². The molecule has 1 saturated heterocycles. The molecule has 0 N–H and O–H groups in total. The molecule has 128 valence electrons. The van der Waals surface area contributed by atoms with Gasteiger partial charge in [0.05, 0.1) is 12.3 Å². The van der Waals surface area contributed by atoms with E-state index in [9.17, 15) is 0 Å². The van der Waals surface area contributed by atoms with E-state index in [0.29, 0.717) is 6.61 Å². The molecule has 1 aromatic carbocycles. The van der Waals surface area contributed by atoms with E-state index < -0.39 is 0 Å². The summed E-state index contributed by atoms with van der Waals surface area (Å²) in [5.41, 5.74) is 1.18. The fraction of sp³-hybridized carbons (Fsp3) is 0.444. The molecular formula is C18H25N5O. The molecule has 0 radical (unpaired) electrons. The van der Waals surface area contributed by atoms with Crippen LogP contribution in [-0.4, -0.2) is 56.8 Å². The van der Waals surface area contributed by atoms with E-state index in [1.807, 2.05) is 50.3 Å². The lowest BCUT2D eigenvalue weighted by Crippen LogP contribution is -2.47. The molecule has 2 heterocycles. The van der Waals surface area contributed by atoms with Gasteiger partial charge in [0, 0.05) is 46.5 Å². The third kappa shape index (κ3) is 3.53. The van der Waals surface area contributed by atoms with Crippen LogP contribution in [0.1, 0.15) is 6.92 Å². The zero-order valence-corrected chi connectivity index (χ0v) is 14.6. The Labute approximate surface area is 143 Å². The van der Waals surface area contributed by atoms with Crippen LogP contribution in [0.5, 0.6) is 5.75 Å². The Morgan fingerprint density at radius 1 is 1.04 bits per heavy atom. The van der Waals surface area contributed by atoms with Gasteiger partial charge >= 0.3 is 0 Å². The van der Waals surface area contributed by atoms with Crippen LogP contribution in [-0.2, 0) is 0 Å². The summed E-state index contributed by atoms with van der Waals surface area (Å²) >= 11 is 0. The van der Waals surface area contributed by atoms with Gasteiger partial charge in [-0.1, -0.05) is 12.1 Å². The Bertz CT molecular complexity index is 668. The van der Waals surface area contributed by atoms with Crippen molar-refractivity contribution in [3.63, 3.8) is 0 Å². The number of aromatic nitrogens is 2. The highest BCUT2D eigenvalue weighted by Crippen LogP contribution is 2.29. The molecule has 1 aliphatic heterocycles. The van der Waals surface area contributed by atoms with Crippen molar-refractivity contribution in [1.29, 1.82) is 0 Å². The number of hydrogen-bond acceptors (Lipinski definition) is 6. The van der Waals surface area contributed by atoms with Gasteiger partial charge in [0.15, 0.2) is 0 Å². The summed E-state index contributed by atoms with van der Waals surface area (Å²) in [6.07, 6.45) is 1.83. The Kier molecular flexibility index (Phi) is 5.03. The minimum absolute atomic E-state index is 0.686. The number of piperazine rings is 1. The van der Waals surface area contributed by atoms with Crippen molar-refractivity contribution in [2.24, 2.45) is 0 Å². The normalized spacial score (nSPS) is 14.6. The highest BCUT2D eigenvalue weighted by molar-refractivity contribution is 5.59. The van der Waals surface area contributed by atoms with E-state index in [2.05, 4.69) is 31.9 Å². The van der Waals surface area contributed by atoms with Crippen LogP contribution >= 0.6 is 0 Å². The Morgan fingerprint density at radius 3 is 2.46 bits per heavy atom. The Balaban J connectivity index is 1.69. The SMILES string of the molecule is CCOc1ccccc1N1CCN(c2ccnc(N(C)C)n2)CC1. The number of para-hydroxylation sites is 2. The van der Waals surface area contributed by atoms with Gasteiger partial charge in [-0.2, -0.15) is 4.98 Å². The topological polar surface area (TPSA) is 44.7 Å². The average molecular weight is 327 g/mol. The lowest BCUT2D eigenvalue weighted by molar-refractivity contribution is 0.340. The molecule has 1 aromatic heterocycles. The zero-order chi connectivity index (χ0) is 16.9. The van der Waals surface area contributed by atoms with Crippen LogP contribution in [0.4, 0.5) is 17.5 Å².